The summed E-state index contributed by atoms with van der Waals surface area (Å²) in [6.07, 6.45) is 0. The van der Waals surface area contributed by atoms with Crippen molar-refractivity contribution < 1.29 is 4.74 Å². The fraction of sp³-hybridized carbons (Fsp3) is 0.200. The number of para-hydroxylation sites is 1. The first-order valence-corrected chi connectivity index (χ1v) is 6.63. The Morgan fingerprint density at radius 3 is 2.33 bits per heavy atom. The molecule has 0 aromatic heterocycles. The van der Waals surface area contributed by atoms with Crippen LogP contribution in [0, 0.1) is 13.8 Å². The number of aryl methyl sites for hydroxylation is 2. The van der Waals surface area contributed by atoms with Gasteiger partial charge in [0.05, 0.1) is 0 Å². The van der Waals surface area contributed by atoms with Crippen LogP contribution in [-0.4, -0.2) is 0 Å². The van der Waals surface area contributed by atoms with Crippen molar-refractivity contribution in [3.8, 4) is 11.5 Å². The predicted molar refractivity (Wildman–Crippen MR) is 78.0 cm³/mol. The second kappa shape index (κ2) is 5.55. The van der Waals surface area contributed by atoms with E-state index in [4.69, 9.17) is 10.5 Å². The molecule has 0 aliphatic carbocycles. The minimum absolute atomic E-state index is 0.477. The van der Waals surface area contributed by atoms with E-state index < -0.39 is 0 Å². The van der Waals surface area contributed by atoms with E-state index >= 15 is 0 Å². The summed E-state index contributed by atoms with van der Waals surface area (Å²) in [6.45, 7) is 4.59. The van der Waals surface area contributed by atoms with Gasteiger partial charge in [-0.3, -0.25) is 0 Å². The highest BCUT2D eigenvalue weighted by molar-refractivity contribution is 9.10. The molecule has 2 aromatic carbocycles. The van der Waals surface area contributed by atoms with Crippen molar-refractivity contribution in [3.05, 3.63) is 57.6 Å². The van der Waals surface area contributed by atoms with Crippen molar-refractivity contribution in [2.75, 3.05) is 0 Å². The van der Waals surface area contributed by atoms with E-state index in [-0.39, 0.29) is 0 Å². The largest absolute Gasteiger partial charge is 0.457 e. The van der Waals surface area contributed by atoms with Gasteiger partial charge in [0.1, 0.15) is 11.5 Å². The average molecular weight is 306 g/mol. The molecular formula is C15H16BrNO. The molecule has 0 unspecified atom stereocenters. The van der Waals surface area contributed by atoms with E-state index in [1.54, 1.807) is 0 Å². The predicted octanol–water partition coefficient (Wildman–Crippen LogP) is 4.32. The summed E-state index contributed by atoms with van der Waals surface area (Å²) in [5, 5.41) is 0. The fourth-order valence-electron chi connectivity index (χ4n) is 1.86. The topological polar surface area (TPSA) is 35.2 Å². The van der Waals surface area contributed by atoms with Crippen molar-refractivity contribution in [2.45, 2.75) is 20.4 Å². The molecule has 0 atom stereocenters. The van der Waals surface area contributed by atoms with Gasteiger partial charge in [0.15, 0.2) is 0 Å². The van der Waals surface area contributed by atoms with E-state index in [1.807, 2.05) is 36.4 Å². The quantitative estimate of drug-likeness (QED) is 0.916. The number of halogens is 1. The third-order valence-electron chi connectivity index (χ3n) is 2.83. The van der Waals surface area contributed by atoms with Crippen molar-refractivity contribution in [2.24, 2.45) is 5.73 Å². The molecule has 3 heteroatoms. The first kappa shape index (κ1) is 13.1. The molecule has 0 fully saturated rings. The zero-order chi connectivity index (χ0) is 13.1. The molecule has 0 aliphatic rings. The first-order chi connectivity index (χ1) is 8.61. The van der Waals surface area contributed by atoms with Crippen molar-refractivity contribution in [1.29, 1.82) is 0 Å². The molecule has 0 bridgehead atoms. The molecule has 0 saturated heterocycles. The van der Waals surface area contributed by atoms with Gasteiger partial charge in [-0.15, -0.1) is 0 Å². The van der Waals surface area contributed by atoms with E-state index in [9.17, 15) is 0 Å². The van der Waals surface area contributed by atoms with Crippen LogP contribution in [0.2, 0.25) is 0 Å². The Labute approximate surface area is 116 Å². The Balaban J connectivity index is 2.34. The van der Waals surface area contributed by atoms with Crippen molar-refractivity contribution in [3.63, 3.8) is 0 Å². The molecular weight excluding hydrogens is 290 g/mol. The third-order valence-corrected chi connectivity index (χ3v) is 4.08. The molecule has 18 heavy (non-hydrogen) atoms. The smallest absolute Gasteiger partial charge is 0.131 e. The van der Waals surface area contributed by atoms with Gasteiger partial charge in [0, 0.05) is 16.6 Å². The summed E-state index contributed by atoms with van der Waals surface area (Å²) in [6, 6.07) is 11.9. The molecule has 94 valence electrons. The number of hydrogen-bond acceptors (Lipinski definition) is 2. The summed E-state index contributed by atoms with van der Waals surface area (Å²) < 4.78 is 7.04. The molecule has 0 radical (unpaired) electrons. The Bertz CT molecular complexity index is 543. The summed E-state index contributed by atoms with van der Waals surface area (Å²) >= 11 is 3.55. The highest BCUT2D eigenvalue weighted by atomic mass is 79.9. The standard InChI is InChI=1S/C15H16BrNO/c1-10-7-13(8-11(2)15(10)16)18-14-6-4-3-5-12(14)9-17/h3-8H,9,17H2,1-2H3. The monoisotopic (exact) mass is 305 g/mol. The summed E-state index contributed by atoms with van der Waals surface area (Å²) in [4.78, 5) is 0. The second-order valence-corrected chi connectivity index (χ2v) is 5.08. The van der Waals surface area contributed by atoms with Crippen molar-refractivity contribution >= 4 is 15.9 Å². The fourth-order valence-corrected chi connectivity index (χ4v) is 2.09. The zero-order valence-corrected chi connectivity index (χ0v) is 12.1. The van der Waals surface area contributed by atoms with E-state index in [0.29, 0.717) is 6.54 Å². The van der Waals surface area contributed by atoms with Crippen LogP contribution < -0.4 is 10.5 Å². The minimum atomic E-state index is 0.477. The van der Waals surface area contributed by atoms with Gasteiger partial charge < -0.3 is 10.5 Å². The van der Waals surface area contributed by atoms with Gasteiger partial charge in [-0.1, -0.05) is 34.1 Å². The Kier molecular flexibility index (Phi) is 4.04. The maximum atomic E-state index is 5.92. The van der Waals surface area contributed by atoms with Gasteiger partial charge >= 0.3 is 0 Å². The van der Waals surface area contributed by atoms with E-state index in [0.717, 1.165) is 32.7 Å². The van der Waals surface area contributed by atoms with Crippen LogP contribution in [0.3, 0.4) is 0 Å². The second-order valence-electron chi connectivity index (χ2n) is 4.28. The van der Waals surface area contributed by atoms with Crippen LogP contribution >= 0.6 is 15.9 Å². The van der Waals surface area contributed by atoms with Gasteiger partial charge in [-0.25, -0.2) is 0 Å². The molecule has 0 amide bonds. The Morgan fingerprint density at radius 1 is 1.11 bits per heavy atom. The van der Waals surface area contributed by atoms with Crippen LogP contribution in [-0.2, 0) is 6.54 Å². The van der Waals surface area contributed by atoms with Crippen LogP contribution in [0.15, 0.2) is 40.9 Å². The normalized spacial score (nSPS) is 10.4. The van der Waals surface area contributed by atoms with Crippen LogP contribution in [0.25, 0.3) is 0 Å². The molecule has 2 N–H and O–H groups in total. The van der Waals surface area contributed by atoms with Crippen LogP contribution in [0.5, 0.6) is 11.5 Å². The number of ether oxygens (including phenoxy) is 1. The Hall–Kier alpha value is -1.32. The van der Waals surface area contributed by atoms with Crippen LogP contribution in [0.1, 0.15) is 16.7 Å². The van der Waals surface area contributed by atoms with Crippen LogP contribution in [0.4, 0.5) is 0 Å². The number of benzene rings is 2. The maximum Gasteiger partial charge on any atom is 0.131 e. The molecule has 2 nitrogen and oxygen atoms in total. The number of rotatable bonds is 3. The SMILES string of the molecule is Cc1cc(Oc2ccccc2CN)cc(C)c1Br. The summed E-state index contributed by atoms with van der Waals surface area (Å²) in [7, 11) is 0. The van der Waals surface area contributed by atoms with Crippen molar-refractivity contribution in [1.82, 2.24) is 0 Å². The molecule has 0 heterocycles. The van der Waals surface area contributed by atoms with Gasteiger partial charge in [-0.05, 0) is 43.2 Å². The minimum Gasteiger partial charge on any atom is -0.457 e. The highest BCUT2D eigenvalue weighted by Gasteiger charge is 2.06. The van der Waals surface area contributed by atoms with E-state index in [1.165, 1.54) is 0 Å². The third kappa shape index (κ3) is 2.74. The maximum absolute atomic E-state index is 5.92. The first-order valence-electron chi connectivity index (χ1n) is 5.84. The van der Waals surface area contributed by atoms with Gasteiger partial charge in [0.25, 0.3) is 0 Å². The highest BCUT2D eigenvalue weighted by Crippen LogP contribution is 2.30. The zero-order valence-electron chi connectivity index (χ0n) is 10.5. The lowest BCUT2D eigenvalue weighted by Crippen LogP contribution is -1.99. The van der Waals surface area contributed by atoms with Gasteiger partial charge in [0.2, 0.25) is 0 Å². The number of nitrogens with two attached hydrogens (primary N) is 1. The lowest BCUT2D eigenvalue weighted by atomic mass is 10.1. The lowest BCUT2D eigenvalue weighted by Gasteiger charge is -2.12. The summed E-state index contributed by atoms with van der Waals surface area (Å²) in [5.74, 6) is 1.66. The molecule has 0 spiro atoms. The van der Waals surface area contributed by atoms with Gasteiger partial charge in [-0.2, -0.15) is 0 Å². The molecule has 2 rings (SSSR count). The van der Waals surface area contributed by atoms with E-state index in [2.05, 4.69) is 29.8 Å². The Morgan fingerprint density at radius 2 is 1.72 bits per heavy atom. The lowest BCUT2D eigenvalue weighted by molar-refractivity contribution is 0.475. The average Bonchev–Trinajstić information content (AvgIpc) is 2.36. The molecule has 2 aromatic rings. The molecule has 0 saturated carbocycles. The summed E-state index contributed by atoms with van der Waals surface area (Å²) in [5.41, 5.74) is 9.04. The number of hydrogen-bond donors (Lipinski definition) is 1. The molecule has 0 aliphatic heterocycles.